The first kappa shape index (κ1) is 20.1. The highest BCUT2D eigenvalue weighted by Crippen LogP contribution is 2.34. The van der Waals surface area contributed by atoms with Crippen LogP contribution < -0.4 is 10.1 Å². The first-order valence-corrected chi connectivity index (χ1v) is 11.1. The van der Waals surface area contributed by atoms with Crippen LogP contribution in [0, 0.1) is 5.92 Å². The number of amides is 1. The van der Waals surface area contributed by atoms with Gasteiger partial charge in [-0.1, -0.05) is 0 Å². The van der Waals surface area contributed by atoms with E-state index in [2.05, 4.69) is 50.5 Å². The number of carbonyl (C=O) groups excluding carboxylic acids is 1. The molecule has 1 N–H and O–H groups in total. The standard InChI is InChI=1S/C23H30N6O2/c1-15(17-10-23(30)24-11-17)31-22-9-16(8-21-20(22)14-28(3)26-21)18-12-25-29(13-18)19-4-6-27(2)7-5-19/h8-9,12-15,17,19H,4-7,10-11H2,1-3H3,(H,24,30). The highest BCUT2D eigenvalue weighted by atomic mass is 16.5. The number of hydrogen-bond acceptors (Lipinski definition) is 5. The largest absolute Gasteiger partial charge is 0.490 e. The molecule has 8 nitrogen and oxygen atoms in total. The molecule has 0 saturated carbocycles. The summed E-state index contributed by atoms with van der Waals surface area (Å²) in [6.45, 7) is 4.92. The smallest absolute Gasteiger partial charge is 0.220 e. The zero-order chi connectivity index (χ0) is 21.5. The molecule has 0 spiro atoms. The Balaban J connectivity index is 1.44. The van der Waals surface area contributed by atoms with Gasteiger partial charge in [0.05, 0.1) is 23.1 Å². The molecule has 31 heavy (non-hydrogen) atoms. The average Bonchev–Trinajstić information content (AvgIpc) is 3.47. The quantitative estimate of drug-likeness (QED) is 0.684. The molecular weight excluding hydrogens is 392 g/mol. The van der Waals surface area contributed by atoms with E-state index in [9.17, 15) is 4.79 Å². The Kier molecular flexibility index (Phi) is 5.17. The number of benzene rings is 1. The average molecular weight is 423 g/mol. The topological polar surface area (TPSA) is 77.2 Å². The molecule has 1 amide bonds. The van der Waals surface area contributed by atoms with Crippen LogP contribution in [0.3, 0.4) is 0 Å². The molecule has 4 heterocycles. The van der Waals surface area contributed by atoms with Gasteiger partial charge in [0, 0.05) is 43.9 Å². The number of piperidine rings is 1. The summed E-state index contributed by atoms with van der Waals surface area (Å²) in [5, 5.41) is 13.2. The van der Waals surface area contributed by atoms with E-state index in [1.165, 1.54) is 0 Å². The van der Waals surface area contributed by atoms with Crippen LogP contribution in [0.1, 0.15) is 32.2 Å². The Morgan fingerprint density at radius 1 is 1.16 bits per heavy atom. The molecule has 0 radical (unpaired) electrons. The third-order valence-electron chi connectivity index (χ3n) is 6.68. The van der Waals surface area contributed by atoms with Gasteiger partial charge in [-0.2, -0.15) is 10.2 Å². The molecule has 2 unspecified atom stereocenters. The van der Waals surface area contributed by atoms with Crippen LogP contribution in [0.5, 0.6) is 5.75 Å². The number of carbonyl (C=O) groups is 1. The van der Waals surface area contributed by atoms with Gasteiger partial charge in [0.25, 0.3) is 0 Å². The number of ether oxygens (including phenoxy) is 1. The highest BCUT2D eigenvalue weighted by molar-refractivity contribution is 5.89. The first-order chi connectivity index (χ1) is 15.0. The van der Waals surface area contributed by atoms with Gasteiger partial charge in [0.1, 0.15) is 11.9 Å². The number of nitrogens with one attached hydrogen (secondary N) is 1. The van der Waals surface area contributed by atoms with Crippen molar-refractivity contribution in [3.05, 3.63) is 30.7 Å². The fourth-order valence-electron chi connectivity index (χ4n) is 4.68. The van der Waals surface area contributed by atoms with E-state index >= 15 is 0 Å². The summed E-state index contributed by atoms with van der Waals surface area (Å²) in [6, 6.07) is 4.64. The second-order valence-corrected chi connectivity index (χ2v) is 9.04. The molecule has 3 aromatic rings. The van der Waals surface area contributed by atoms with Crippen molar-refractivity contribution in [1.82, 2.24) is 29.8 Å². The van der Waals surface area contributed by atoms with Gasteiger partial charge >= 0.3 is 0 Å². The van der Waals surface area contributed by atoms with Crippen molar-refractivity contribution in [2.75, 3.05) is 26.7 Å². The maximum Gasteiger partial charge on any atom is 0.220 e. The zero-order valence-electron chi connectivity index (χ0n) is 18.4. The molecule has 164 valence electrons. The molecule has 2 saturated heterocycles. The lowest BCUT2D eigenvalue weighted by Crippen LogP contribution is -2.31. The van der Waals surface area contributed by atoms with E-state index in [4.69, 9.17) is 4.74 Å². The Bertz CT molecular complexity index is 1090. The number of likely N-dealkylation sites (tertiary alicyclic amines) is 1. The zero-order valence-corrected chi connectivity index (χ0v) is 18.4. The number of aromatic nitrogens is 4. The van der Waals surface area contributed by atoms with Gasteiger partial charge in [0.15, 0.2) is 0 Å². The molecular formula is C23H30N6O2. The SMILES string of the molecule is CC(Oc1cc(-c2cnn(C3CCN(C)CC3)c2)cc2nn(C)cc12)C1CNC(=O)C1. The van der Waals surface area contributed by atoms with E-state index in [1.807, 2.05) is 31.0 Å². The second-order valence-electron chi connectivity index (χ2n) is 9.04. The Morgan fingerprint density at radius 2 is 1.97 bits per heavy atom. The summed E-state index contributed by atoms with van der Waals surface area (Å²) in [5.74, 6) is 1.08. The van der Waals surface area contributed by atoms with Crippen molar-refractivity contribution in [2.45, 2.75) is 38.3 Å². The molecule has 1 aromatic carbocycles. The number of aryl methyl sites for hydroxylation is 1. The summed E-state index contributed by atoms with van der Waals surface area (Å²) in [4.78, 5) is 14.0. The normalized spacial score (nSPS) is 21.5. The van der Waals surface area contributed by atoms with Crippen LogP contribution >= 0.6 is 0 Å². The van der Waals surface area contributed by atoms with Crippen molar-refractivity contribution in [1.29, 1.82) is 0 Å². The van der Waals surface area contributed by atoms with Crippen molar-refractivity contribution >= 4 is 16.8 Å². The highest BCUT2D eigenvalue weighted by Gasteiger charge is 2.28. The monoisotopic (exact) mass is 422 g/mol. The minimum absolute atomic E-state index is 0.0699. The van der Waals surface area contributed by atoms with Gasteiger partial charge in [-0.3, -0.25) is 14.2 Å². The summed E-state index contributed by atoms with van der Waals surface area (Å²) in [7, 11) is 4.09. The molecule has 0 bridgehead atoms. The summed E-state index contributed by atoms with van der Waals surface area (Å²) in [6.07, 6.45) is 8.76. The van der Waals surface area contributed by atoms with Gasteiger partial charge in [-0.15, -0.1) is 0 Å². The number of nitrogens with zero attached hydrogens (tertiary/aromatic N) is 5. The summed E-state index contributed by atoms with van der Waals surface area (Å²) < 4.78 is 10.3. The fraction of sp³-hybridized carbons (Fsp3) is 0.522. The molecule has 2 aliphatic rings. The van der Waals surface area contributed by atoms with Crippen LogP contribution in [0.25, 0.3) is 22.0 Å². The maximum atomic E-state index is 11.6. The summed E-state index contributed by atoms with van der Waals surface area (Å²) >= 11 is 0. The summed E-state index contributed by atoms with van der Waals surface area (Å²) in [5.41, 5.74) is 3.02. The van der Waals surface area contributed by atoms with Crippen LogP contribution in [-0.4, -0.2) is 63.2 Å². The Hall–Kier alpha value is -2.87. The molecule has 2 aromatic heterocycles. The number of rotatable bonds is 5. The van der Waals surface area contributed by atoms with Crippen molar-refractivity contribution in [3.8, 4) is 16.9 Å². The van der Waals surface area contributed by atoms with Crippen LogP contribution in [0.15, 0.2) is 30.7 Å². The van der Waals surface area contributed by atoms with E-state index in [1.54, 1.807) is 0 Å². The fourth-order valence-corrected chi connectivity index (χ4v) is 4.68. The van der Waals surface area contributed by atoms with Crippen LogP contribution in [-0.2, 0) is 11.8 Å². The van der Waals surface area contributed by atoms with Gasteiger partial charge < -0.3 is 15.0 Å². The maximum absolute atomic E-state index is 11.6. The van der Waals surface area contributed by atoms with E-state index in [0.29, 0.717) is 19.0 Å². The predicted octanol–water partition coefficient (Wildman–Crippen LogP) is 2.61. The van der Waals surface area contributed by atoms with Gasteiger partial charge in [-0.25, -0.2) is 0 Å². The minimum Gasteiger partial charge on any atom is -0.490 e. The molecule has 8 heteroatoms. The molecule has 2 atom stereocenters. The molecule has 0 aliphatic carbocycles. The van der Waals surface area contributed by atoms with E-state index in [-0.39, 0.29) is 17.9 Å². The van der Waals surface area contributed by atoms with Crippen molar-refractivity contribution < 1.29 is 9.53 Å². The Morgan fingerprint density at radius 3 is 2.71 bits per heavy atom. The second kappa shape index (κ2) is 8.00. The lowest BCUT2D eigenvalue weighted by Gasteiger charge is -2.28. The number of hydrogen-bond donors (Lipinski definition) is 1. The predicted molar refractivity (Wildman–Crippen MR) is 119 cm³/mol. The lowest BCUT2D eigenvalue weighted by molar-refractivity contribution is -0.119. The van der Waals surface area contributed by atoms with Gasteiger partial charge in [-0.05, 0) is 57.6 Å². The van der Waals surface area contributed by atoms with Crippen LogP contribution in [0.2, 0.25) is 0 Å². The molecule has 2 aliphatic heterocycles. The Labute approximate surface area is 182 Å². The third-order valence-corrected chi connectivity index (χ3v) is 6.68. The lowest BCUT2D eigenvalue weighted by atomic mass is 10.0. The molecule has 5 rings (SSSR count). The van der Waals surface area contributed by atoms with Crippen molar-refractivity contribution in [2.24, 2.45) is 13.0 Å². The first-order valence-electron chi connectivity index (χ1n) is 11.1. The van der Waals surface area contributed by atoms with Gasteiger partial charge in [0.2, 0.25) is 5.91 Å². The van der Waals surface area contributed by atoms with E-state index in [0.717, 1.165) is 53.7 Å². The minimum atomic E-state index is -0.0699. The van der Waals surface area contributed by atoms with Crippen LogP contribution in [0.4, 0.5) is 0 Å². The van der Waals surface area contributed by atoms with Crippen molar-refractivity contribution in [3.63, 3.8) is 0 Å². The third kappa shape index (κ3) is 4.04. The van der Waals surface area contributed by atoms with E-state index < -0.39 is 0 Å². The number of fused-ring (bicyclic) bond motifs is 1. The molecule has 2 fully saturated rings.